The Balaban J connectivity index is 1.39. The number of halogens is 1. The smallest absolute Gasteiger partial charge is 0.281 e. The van der Waals surface area contributed by atoms with Gasteiger partial charge < -0.3 is 4.98 Å². The molecule has 3 heterocycles. The van der Waals surface area contributed by atoms with Crippen LogP contribution in [0.1, 0.15) is 30.1 Å². The zero-order valence-corrected chi connectivity index (χ0v) is 19.1. The summed E-state index contributed by atoms with van der Waals surface area (Å²) in [5.74, 6) is 0.444. The summed E-state index contributed by atoms with van der Waals surface area (Å²) >= 11 is 6.27. The van der Waals surface area contributed by atoms with Crippen LogP contribution in [0, 0.1) is 0 Å². The number of piperidine rings is 1. The molecule has 1 aliphatic rings. The second-order valence-electron chi connectivity index (χ2n) is 7.95. The van der Waals surface area contributed by atoms with Crippen LogP contribution in [-0.4, -0.2) is 50.8 Å². The van der Waals surface area contributed by atoms with Gasteiger partial charge in [-0.1, -0.05) is 53.2 Å². The minimum absolute atomic E-state index is 0.0759. The average Bonchev–Trinajstić information content (AvgIpc) is 3.24. The molecule has 5 rings (SSSR count). The summed E-state index contributed by atoms with van der Waals surface area (Å²) < 4.78 is 28.8. The van der Waals surface area contributed by atoms with Crippen LogP contribution in [0.5, 0.6) is 0 Å². The fraction of sp³-hybridized carbons (Fsp3) is 0.273. The van der Waals surface area contributed by atoms with E-state index in [1.54, 1.807) is 41.1 Å². The quantitative estimate of drug-likeness (QED) is 0.466. The zero-order valence-electron chi connectivity index (χ0n) is 17.6. The van der Waals surface area contributed by atoms with Crippen molar-refractivity contribution >= 4 is 32.8 Å². The van der Waals surface area contributed by atoms with Crippen molar-refractivity contribution in [3.63, 3.8) is 0 Å². The molecular formula is C22H21ClN6O3S. The number of nitrogens with one attached hydrogen (secondary N) is 1. The molecule has 9 nitrogen and oxygen atoms in total. The molecule has 0 saturated carbocycles. The van der Waals surface area contributed by atoms with E-state index in [1.807, 2.05) is 18.2 Å². The van der Waals surface area contributed by atoms with E-state index in [2.05, 4.69) is 20.3 Å². The van der Waals surface area contributed by atoms with Crippen molar-refractivity contribution in [1.82, 2.24) is 29.3 Å². The van der Waals surface area contributed by atoms with Crippen LogP contribution in [0.4, 0.5) is 0 Å². The molecule has 1 aliphatic heterocycles. The largest absolute Gasteiger partial charge is 0.308 e. The molecule has 1 saturated heterocycles. The zero-order chi connectivity index (χ0) is 23.0. The van der Waals surface area contributed by atoms with Crippen LogP contribution in [0.25, 0.3) is 11.2 Å². The molecule has 0 radical (unpaired) electrons. The number of hydrogen-bond donors (Lipinski definition) is 1. The van der Waals surface area contributed by atoms with Gasteiger partial charge in [0.05, 0.1) is 11.4 Å². The number of fused-ring (bicyclic) bond motifs is 1. The summed E-state index contributed by atoms with van der Waals surface area (Å²) in [6.45, 7) is 1.03. The number of hydrogen-bond acceptors (Lipinski definition) is 6. The Hall–Kier alpha value is -3.08. The van der Waals surface area contributed by atoms with E-state index in [0.717, 1.165) is 5.56 Å². The lowest BCUT2D eigenvalue weighted by molar-refractivity contribution is 0.313. The summed E-state index contributed by atoms with van der Waals surface area (Å²) in [5, 5.41) is 8.67. The molecule has 1 N–H and O–H groups in total. The molecule has 4 aromatic rings. The maximum Gasteiger partial charge on any atom is 0.281 e. The highest BCUT2D eigenvalue weighted by atomic mass is 35.5. The summed E-state index contributed by atoms with van der Waals surface area (Å²) in [7, 11) is -3.54. The molecule has 0 amide bonds. The lowest BCUT2D eigenvalue weighted by atomic mass is 9.97. The van der Waals surface area contributed by atoms with Gasteiger partial charge in [0.1, 0.15) is 5.82 Å². The Bertz CT molecular complexity index is 1460. The highest BCUT2D eigenvalue weighted by Gasteiger charge is 2.31. The Kier molecular flexibility index (Phi) is 5.73. The van der Waals surface area contributed by atoms with Gasteiger partial charge in [-0.25, -0.2) is 18.1 Å². The van der Waals surface area contributed by atoms with Crippen molar-refractivity contribution in [2.45, 2.75) is 30.2 Å². The predicted molar refractivity (Wildman–Crippen MR) is 124 cm³/mol. The van der Waals surface area contributed by atoms with Gasteiger partial charge in [0.2, 0.25) is 10.0 Å². The van der Waals surface area contributed by atoms with Gasteiger partial charge in [-0.15, -0.1) is 5.10 Å². The summed E-state index contributed by atoms with van der Waals surface area (Å²) in [6, 6.07) is 15.8. The van der Waals surface area contributed by atoms with Crippen molar-refractivity contribution in [3.05, 3.63) is 81.4 Å². The predicted octanol–water partition coefficient (Wildman–Crippen LogP) is 2.78. The van der Waals surface area contributed by atoms with Gasteiger partial charge in [0, 0.05) is 24.0 Å². The third-order valence-electron chi connectivity index (χ3n) is 5.89. The van der Waals surface area contributed by atoms with Crippen LogP contribution in [-0.2, 0) is 16.6 Å². The lowest BCUT2D eigenvalue weighted by Gasteiger charge is -2.30. The van der Waals surface area contributed by atoms with Crippen LogP contribution in [0.3, 0.4) is 0 Å². The molecule has 2 aromatic carbocycles. The van der Waals surface area contributed by atoms with Crippen LogP contribution < -0.4 is 5.56 Å². The van der Waals surface area contributed by atoms with E-state index in [-0.39, 0.29) is 21.9 Å². The molecule has 170 valence electrons. The number of H-pyrrole nitrogens is 1. The molecule has 0 unspecified atom stereocenters. The first kappa shape index (κ1) is 21.7. The number of nitrogens with zero attached hydrogens (tertiary/aromatic N) is 5. The molecule has 2 aromatic heterocycles. The van der Waals surface area contributed by atoms with Crippen LogP contribution in [0.15, 0.2) is 64.3 Å². The number of aromatic amines is 1. The van der Waals surface area contributed by atoms with Gasteiger partial charge in [-0.2, -0.15) is 4.31 Å². The Morgan fingerprint density at radius 3 is 2.45 bits per heavy atom. The summed E-state index contributed by atoms with van der Waals surface area (Å²) in [5.41, 5.74) is 1.02. The van der Waals surface area contributed by atoms with Gasteiger partial charge >= 0.3 is 0 Å². The molecule has 0 atom stereocenters. The Labute approximate surface area is 195 Å². The fourth-order valence-corrected chi connectivity index (χ4v) is 5.77. The van der Waals surface area contributed by atoms with Gasteiger partial charge in [0.25, 0.3) is 5.56 Å². The summed E-state index contributed by atoms with van der Waals surface area (Å²) in [4.78, 5) is 20.4. The SMILES string of the molecule is O=c1[nH]c(C2CCN(S(=O)(=O)c3ccccc3)CC2)nc2c1nnn2Cc1ccccc1Cl. The highest BCUT2D eigenvalue weighted by molar-refractivity contribution is 7.89. The van der Waals surface area contributed by atoms with Crippen molar-refractivity contribution in [2.24, 2.45) is 0 Å². The second kappa shape index (κ2) is 8.69. The summed E-state index contributed by atoms with van der Waals surface area (Å²) in [6.07, 6.45) is 1.10. The number of aromatic nitrogens is 5. The maximum atomic E-state index is 12.9. The van der Waals surface area contributed by atoms with E-state index in [4.69, 9.17) is 11.6 Å². The maximum absolute atomic E-state index is 12.9. The monoisotopic (exact) mass is 484 g/mol. The van der Waals surface area contributed by atoms with E-state index < -0.39 is 10.0 Å². The molecule has 0 spiro atoms. The Morgan fingerprint density at radius 1 is 1.03 bits per heavy atom. The lowest BCUT2D eigenvalue weighted by Crippen LogP contribution is -2.38. The molecule has 1 fully saturated rings. The van der Waals surface area contributed by atoms with Crippen LogP contribution >= 0.6 is 11.6 Å². The minimum atomic E-state index is -3.54. The molecule has 0 bridgehead atoms. The third kappa shape index (κ3) is 4.17. The van der Waals surface area contributed by atoms with E-state index in [9.17, 15) is 13.2 Å². The van der Waals surface area contributed by atoms with Crippen molar-refractivity contribution in [2.75, 3.05) is 13.1 Å². The van der Waals surface area contributed by atoms with E-state index >= 15 is 0 Å². The third-order valence-corrected chi connectivity index (χ3v) is 8.17. The van der Waals surface area contributed by atoms with Gasteiger partial charge in [-0.05, 0) is 36.6 Å². The number of rotatable bonds is 5. The van der Waals surface area contributed by atoms with Crippen molar-refractivity contribution in [1.29, 1.82) is 0 Å². The average molecular weight is 485 g/mol. The minimum Gasteiger partial charge on any atom is -0.308 e. The van der Waals surface area contributed by atoms with Gasteiger partial charge in [-0.3, -0.25) is 4.79 Å². The second-order valence-corrected chi connectivity index (χ2v) is 10.3. The van der Waals surface area contributed by atoms with E-state index in [1.165, 1.54) is 4.31 Å². The first-order valence-electron chi connectivity index (χ1n) is 10.6. The van der Waals surface area contributed by atoms with Crippen LogP contribution in [0.2, 0.25) is 5.02 Å². The normalized spacial score (nSPS) is 15.8. The highest BCUT2D eigenvalue weighted by Crippen LogP contribution is 2.29. The standard InChI is InChI=1S/C22H21ClN6O3S/c23-18-9-5-4-6-16(18)14-29-21-19(26-27-29)22(30)25-20(24-21)15-10-12-28(13-11-15)33(31,32)17-7-2-1-3-8-17/h1-9,15H,10-14H2,(H,24,25,30). The first-order valence-corrected chi connectivity index (χ1v) is 12.4. The molecular weight excluding hydrogens is 464 g/mol. The molecule has 0 aliphatic carbocycles. The van der Waals surface area contributed by atoms with Crippen molar-refractivity contribution < 1.29 is 8.42 Å². The molecule has 33 heavy (non-hydrogen) atoms. The van der Waals surface area contributed by atoms with E-state index in [0.29, 0.717) is 49.0 Å². The number of benzene rings is 2. The number of sulfonamides is 1. The fourth-order valence-electron chi connectivity index (χ4n) is 4.08. The topological polar surface area (TPSA) is 114 Å². The van der Waals surface area contributed by atoms with Gasteiger partial charge in [0.15, 0.2) is 11.2 Å². The first-order chi connectivity index (χ1) is 15.9. The molecule has 11 heteroatoms. The van der Waals surface area contributed by atoms with Crippen molar-refractivity contribution in [3.8, 4) is 0 Å². The Morgan fingerprint density at radius 2 is 1.73 bits per heavy atom.